The Morgan fingerprint density at radius 3 is 2.62 bits per heavy atom. The molecule has 1 heterocycles. The van der Waals surface area contributed by atoms with Crippen LogP contribution in [0.1, 0.15) is 33.6 Å². The van der Waals surface area contributed by atoms with Crippen LogP contribution in [0.25, 0.3) is 0 Å². The lowest BCUT2D eigenvalue weighted by Crippen LogP contribution is -2.42. The third-order valence-electron chi connectivity index (χ3n) is 5.00. The van der Waals surface area contributed by atoms with E-state index < -0.39 is 11.7 Å². The molecule has 0 aliphatic carbocycles. The highest BCUT2D eigenvalue weighted by Gasteiger charge is 2.30. The van der Waals surface area contributed by atoms with E-state index in [4.69, 9.17) is 9.47 Å². The minimum absolute atomic E-state index is 0.0121. The highest BCUT2D eigenvalue weighted by Crippen LogP contribution is 2.44. The molecule has 1 amide bonds. The quantitative estimate of drug-likeness (QED) is 0.388. The van der Waals surface area contributed by atoms with Crippen molar-refractivity contribution < 1.29 is 19.2 Å². The Hall–Kier alpha value is -2.81. The van der Waals surface area contributed by atoms with Crippen LogP contribution < -0.4 is 15.0 Å². The minimum atomic E-state index is -0.562. The molecule has 0 aromatic heterocycles. The summed E-state index contributed by atoms with van der Waals surface area (Å²) in [6.07, 6.45) is 1.31. The molecular formula is C23H28BrN3O5. The minimum Gasteiger partial charge on any atom is -0.456 e. The molecule has 0 unspecified atom stereocenters. The number of halogens is 1. The lowest BCUT2D eigenvalue weighted by Gasteiger charge is -2.35. The van der Waals surface area contributed by atoms with E-state index in [2.05, 4.69) is 21.2 Å². The van der Waals surface area contributed by atoms with Gasteiger partial charge in [0.15, 0.2) is 0 Å². The standard InChI is InChI=1S/C23H28BrN3O5/c1-23(2,3)32-22(28)25-14-16-8-7-13-26(15-16)21-18(27(29)30)11-12-19(20(21)24)31-17-9-5-4-6-10-17/h4-6,9-12,16H,7-8,13-15H2,1-3H3,(H,25,28)/t16-/m0/s1. The van der Waals surface area contributed by atoms with Gasteiger partial charge in [-0.1, -0.05) is 18.2 Å². The first kappa shape index (κ1) is 23.8. The van der Waals surface area contributed by atoms with Crippen LogP contribution in [-0.2, 0) is 4.74 Å². The van der Waals surface area contributed by atoms with Crippen LogP contribution >= 0.6 is 15.9 Å². The van der Waals surface area contributed by atoms with Gasteiger partial charge >= 0.3 is 6.09 Å². The number of hydrogen-bond donors (Lipinski definition) is 1. The highest BCUT2D eigenvalue weighted by atomic mass is 79.9. The molecule has 8 nitrogen and oxygen atoms in total. The predicted molar refractivity (Wildman–Crippen MR) is 126 cm³/mol. The lowest BCUT2D eigenvalue weighted by molar-refractivity contribution is -0.384. The van der Waals surface area contributed by atoms with Gasteiger partial charge in [0, 0.05) is 25.7 Å². The molecule has 0 bridgehead atoms. The van der Waals surface area contributed by atoms with E-state index in [1.165, 1.54) is 6.07 Å². The average Bonchev–Trinajstić information content (AvgIpc) is 2.73. The number of alkyl carbamates (subject to hydrolysis) is 1. The van der Waals surface area contributed by atoms with Crippen LogP contribution in [0.3, 0.4) is 0 Å². The van der Waals surface area contributed by atoms with Crippen molar-refractivity contribution in [3.63, 3.8) is 0 Å². The Morgan fingerprint density at radius 1 is 1.25 bits per heavy atom. The van der Waals surface area contributed by atoms with E-state index >= 15 is 0 Å². The van der Waals surface area contributed by atoms with E-state index in [-0.39, 0.29) is 16.5 Å². The first-order chi connectivity index (χ1) is 15.1. The van der Waals surface area contributed by atoms with Gasteiger partial charge in [0.1, 0.15) is 22.8 Å². The lowest BCUT2D eigenvalue weighted by atomic mass is 9.97. The van der Waals surface area contributed by atoms with Crippen LogP contribution in [0.4, 0.5) is 16.2 Å². The van der Waals surface area contributed by atoms with Gasteiger partial charge < -0.3 is 19.7 Å². The van der Waals surface area contributed by atoms with E-state index in [9.17, 15) is 14.9 Å². The Bertz CT molecular complexity index is 962. The molecule has 0 saturated carbocycles. The number of para-hydroxylation sites is 1. The third kappa shape index (κ3) is 6.35. The molecular weight excluding hydrogens is 478 g/mol. The van der Waals surface area contributed by atoms with Gasteiger partial charge in [-0.3, -0.25) is 10.1 Å². The maximum Gasteiger partial charge on any atom is 0.407 e. The van der Waals surface area contributed by atoms with Gasteiger partial charge in [0.25, 0.3) is 5.69 Å². The fourth-order valence-electron chi connectivity index (χ4n) is 3.65. The summed E-state index contributed by atoms with van der Waals surface area (Å²) < 4.78 is 11.8. The maximum absolute atomic E-state index is 12.0. The van der Waals surface area contributed by atoms with Crippen molar-refractivity contribution in [2.75, 3.05) is 24.5 Å². The number of anilines is 1. The highest BCUT2D eigenvalue weighted by molar-refractivity contribution is 9.10. The van der Waals surface area contributed by atoms with E-state index in [1.54, 1.807) is 6.07 Å². The summed E-state index contributed by atoms with van der Waals surface area (Å²) in [5.41, 5.74) is -0.0590. The summed E-state index contributed by atoms with van der Waals surface area (Å²) in [4.78, 5) is 25.4. The molecule has 0 radical (unpaired) electrons. The number of amides is 1. The smallest absolute Gasteiger partial charge is 0.407 e. The predicted octanol–water partition coefficient (Wildman–Crippen LogP) is 5.89. The number of nitrogens with zero attached hydrogens (tertiary/aromatic N) is 2. The summed E-state index contributed by atoms with van der Waals surface area (Å²) in [6.45, 7) is 7.14. The second-order valence-electron chi connectivity index (χ2n) is 8.75. The summed E-state index contributed by atoms with van der Waals surface area (Å²) >= 11 is 3.55. The molecule has 1 saturated heterocycles. The van der Waals surface area contributed by atoms with Gasteiger partial charge in [0.2, 0.25) is 0 Å². The van der Waals surface area contributed by atoms with Crippen molar-refractivity contribution in [2.24, 2.45) is 5.92 Å². The van der Waals surface area contributed by atoms with Gasteiger partial charge in [-0.2, -0.15) is 0 Å². The molecule has 172 valence electrons. The van der Waals surface area contributed by atoms with Crippen LogP contribution in [0.2, 0.25) is 0 Å². The van der Waals surface area contributed by atoms with Gasteiger partial charge in [-0.25, -0.2) is 4.79 Å². The maximum atomic E-state index is 12.0. The SMILES string of the molecule is CC(C)(C)OC(=O)NC[C@@H]1CCCN(c2c([N+](=O)[O-])ccc(Oc3ccccc3)c2Br)C1. The van der Waals surface area contributed by atoms with Gasteiger partial charge in [-0.15, -0.1) is 0 Å². The fourth-order valence-corrected chi connectivity index (χ4v) is 4.32. The second kappa shape index (κ2) is 10.2. The number of benzene rings is 2. The molecule has 2 aromatic carbocycles. The first-order valence-electron chi connectivity index (χ1n) is 10.6. The van der Waals surface area contributed by atoms with Crippen molar-refractivity contribution >= 4 is 33.4 Å². The van der Waals surface area contributed by atoms with Gasteiger partial charge in [-0.05, 0) is 73.7 Å². The number of carbonyl (C=O) groups excluding carboxylic acids is 1. The number of piperidine rings is 1. The number of nitrogens with one attached hydrogen (secondary N) is 1. The van der Waals surface area contributed by atoms with Crippen molar-refractivity contribution in [2.45, 2.75) is 39.2 Å². The molecule has 1 N–H and O–H groups in total. The van der Waals surface area contributed by atoms with Crippen LogP contribution in [0.15, 0.2) is 46.9 Å². The monoisotopic (exact) mass is 505 g/mol. The number of ether oxygens (including phenoxy) is 2. The summed E-state index contributed by atoms with van der Waals surface area (Å²) in [6, 6.07) is 12.3. The second-order valence-corrected chi connectivity index (χ2v) is 9.55. The van der Waals surface area contributed by atoms with E-state index in [0.29, 0.717) is 41.3 Å². The van der Waals surface area contributed by atoms with Gasteiger partial charge in [0.05, 0.1) is 9.40 Å². The molecule has 9 heteroatoms. The molecule has 1 aliphatic rings. The summed E-state index contributed by atoms with van der Waals surface area (Å²) in [5, 5.41) is 14.6. The zero-order chi connectivity index (χ0) is 23.3. The molecule has 0 spiro atoms. The van der Waals surface area contributed by atoms with Crippen LogP contribution in [0.5, 0.6) is 11.5 Å². The Morgan fingerprint density at radius 2 is 1.97 bits per heavy atom. The normalized spacial score (nSPS) is 16.4. The number of carbonyl (C=O) groups is 1. The Balaban J connectivity index is 1.78. The van der Waals surface area contributed by atoms with Crippen LogP contribution in [0, 0.1) is 16.0 Å². The number of nitro benzene ring substituents is 1. The largest absolute Gasteiger partial charge is 0.456 e. The first-order valence-corrected chi connectivity index (χ1v) is 11.3. The fraction of sp³-hybridized carbons (Fsp3) is 0.435. The molecule has 3 rings (SSSR count). The van der Waals surface area contributed by atoms with E-state index in [0.717, 1.165) is 12.8 Å². The molecule has 1 aliphatic heterocycles. The molecule has 2 aromatic rings. The topological polar surface area (TPSA) is 93.9 Å². The Kier molecular flexibility index (Phi) is 7.60. The van der Waals surface area contributed by atoms with Crippen molar-refractivity contribution in [3.05, 3.63) is 57.1 Å². The Labute approximate surface area is 196 Å². The zero-order valence-electron chi connectivity index (χ0n) is 18.5. The van der Waals surface area contributed by atoms with Crippen molar-refractivity contribution in [3.8, 4) is 11.5 Å². The van der Waals surface area contributed by atoms with Crippen molar-refractivity contribution in [1.82, 2.24) is 5.32 Å². The van der Waals surface area contributed by atoms with Crippen LogP contribution in [-0.4, -0.2) is 36.3 Å². The van der Waals surface area contributed by atoms with E-state index in [1.807, 2.05) is 56.0 Å². The molecule has 1 atom stereocenters. The number of hydrogen-bond acceptors (Lipinski definition) is 6. The summed E-state index contributed by atoms with van der Waals surface area (Å²) in [7, 11) is 0. The number of rotatable bonds is 6. The number of nitro groups is 1. The summed E-state index contributed by atoms with van der Waals surface area (Å²) in [5.74, 6) is 1.29. The third-order valence-corrected chi connectivity index (χ3v) is 5.76. The van der Waals surface area contributed by atoms with Crippen molar-refractivity contribution in [1.29, 1.82) is 0 Å². The average molecular weight is 506 g/mol. The molecule has 32 heavy (non-hydrogen) atoms. The zero-order valence-corrected chi connectivity index (χ0v) is 20.1. The molecule has 1 fully saturated rings.